The molecule has 0 saturated carbocycles. The van der Waals surface area contributed by atoms with Crippen LogP contribution in [0.2, 0.25) is 0 Å². The summed E-state index contributed by atoms with van der Waals surface area (Å²) in [6.45, 7) is 2.71. The van der Waals surface area contributed by atoms with Crippen LogP contribution in [0.25, 0.3) is 0 Å². The SMILES string of the molecule is CCc1ccccc1O.O=C1CCCN1c1ccc(S(=O)(=O)Nc2nccs2)cc1.[HH]. The Kier molecular flexibility index (Phi) is 7.07. The molecule has 9 heteroatoms. The van der Waals surface area contributed by atoms with Crippen LogP contribution in [-0.2, 0) is 21.2 Å². The fraction of sp³-hybridized carbons (Fsp3) is 0.238. The number of aromatic hydroxyl groups is 1. The molecule has 1 amide bonds. The van der Waals surface area contributed by atoms with Crippen LogP contribution in [0, 0.1) is 0 Å². The average molecular weight is 448 g/mol. The van der Waals surface area contributed by atoms with E-state index >= 15 is 0 Å². The summed E-state index contributed by atoms with van der Waals surface area (Å²) in [5, 5.41) is 11.1. The minimum atomic E-state index is -3.64. The van der Waals surface area contributed by atoms with Gasteiger partial charge in [-0.3, -0.25) is 9.52 Å². The molecule has 0 bridgehead atoms. The molecule has 2 N–H and O–H groups in total. The molecule has 1 fully saturated rings. The van der Waals surface area contributed by atoms with Gasteiger partial charge in [-0.05, 0) is 48.7 Å². The van der Waals surface area contributed by atoms with Crippen molar-refractivity contribution in [2.24, 2.45) is 0 Å². The van der Waals surface area contributed by atoms with E-state index < -0.39 is 10.0 Å². The zero-order valence-electron chi connectivity index (χ0n) is 16.5. The lowest BCUT2D eigenvalue weighted by atomic mass is 10.1. The second-order valence-corrected chi connectivity index (χ2v) is 9.14. The molecule has 0 atom stereocenters. The molecule has 7 nitrogen and oxygen atoms in total. The van der Waals surface area contributed by atoms with Crippen LogP contribution in [0.15, 0.2) is 65.0 Å². The normalized spacial score (nSPS) is 13.6. The van der Waals surface area contributed by atoms with Gasteiger partial charge in [-0.25, -0.2) is 13.4 Å². The average Bonchev–Trinajstić information content (AvgIpc) is 3.40. The maximum Gasteiger partial charge on any atom is 0.263 e. The molecule has 3 aromatic rings. The molecule has 0 unspecified atom stereocenters. The molecule has 0 spiro atoms. The summed E-state index contributed by atoms with van der Waals surface area (Å²) in [7, 11) is -3.64. The second-order valence-electron chi connectivity index (χ2n) is 6.57. The topological polar surface area (TPSA) is 99.6 Å². The van der Waals surface area contributed by atoms with Gasteiger partial charge < -0.3 is 10.0 Å². The molecule has 0 radical (unpaired) electrons. The Morgan fingerprint density at radius 1 is 1.20 bits per heavy atom. The zero-order valence-corrected chi connectivity index (χ0v) is 18.1. The standard InChI is InChI=1S/C13H13N3O3S2.C8H10O.H2/c17-12-2-1-8-16(12)10-3-5-11(6-4-10)21(18,19)15-13-14-7-9-20-13;1-2-7-5-3-4-6-8(7)9;/h3-7,9H,1-2,8H2,(H,14,15);3-6,9H,2H2,1H3;1H. The predicted octanol–water partition coefficient (Wildman–Crippen LogP) is 4.27. The molecule has 0 aliphatic carbocycles. The first-order valence-electron chi connectivity index (χ1n) is 9.50. The van der Waals surface area contributed by atoms with Crippen LogP contribution in [0.1, 0.15) is 26.8 Å². The number of carbonyl (C=O) groups excluding carboxylic acids is 1. The number of benzene rings is 2. The van der Waals surface area contributed by atoms with Crippen molar-refractivity contribution >= 4 is 38.1 Å². The molecule has 2 aromatic carbocycles. The smallest absolute Gasteiger partial charge is 0.263 e. The summed E-state index contributed by atoms with van der Waals surface area (Å²) in [6, 6.07) is 13.7. The van der Waals surface area contributed by atoms with Gasteiger partial charge in [0.25, 0.3) is 10.0 Å². The number of hydrogen-bond donors (Lipinski definition) is 2. The van der Waals surface area contributed by atoms with Gasteiger partial charge in [-0.1, -0.05) is 25.1 Å². The first-order chi connectivity index (χ1) is 14.4. The number of amides is 1. The molecule has 2 heterocycles. The third-order valence-electron chi connectivity index (χ3n) is 4.56. The molecule has 30 heavy (non-hydrogen) atoms. The summed E-state index contributed by atoms with van der Waals surface area (Å²) in [5.41, 5.74) is 1.74. The number of para-hydroxylation sites is 1. The van der Waals surface area contributed by atoms with Crippen LogP contribution in [0.3, 0.4) is 0 Å². The summed E-state index contributed by atoms with van der Waals surface area (Å²) < 4.78 is 26.8. The Morgan fingerprint density at radius 3 is 2.47 bits per heavy atom. The fourth-order valence-electron chi connectivity index (χ4n) is 2.98. The van der Waals surface area contributed by atoms with Crippen LogP contribution in [-0.4, -0.2) is 31.0 Å². The lowest BCUT2D eigenvalue weighted by molar-refractivity contribution is -0.117. The van der Waals surface area contributed by atoms with Crippen molar-refractivity contribution in [3.8, 4) is 5.75 Å². The Labute approximate surface area is 181 Å². The number of aryl methyl sites for hydroxylation is 1. The molecule has 1 aliphatic rings. The Morgan fingerprint density at radius 2 is 1.93 bits per heavy atom. The Bertz CT molecular complexity index is 1090. The number of thiazole rings is 1. The first-order valence-corrected chi connectivity index (χ1v) is 11.9. The molecule has 160 valence electrons. The number of sulfonamides is 1. The van der Waals surface area contributed by atoms with Gasteiger partial charge in [0.2, 0.25) is 5.91 Å². The number of rotatable bonds is 5. The van der Waals surface area contributed by atoms with Crippen molar-refractivity contribution in [1.82, 2.24) is 4.98 Å². The van der Waals surface area contributed by atoms with Crippen LogP contribution in [0.5, 0.6) is 5.75 Å². The highest BCUT2D eigenvalue weighted by molar-refractivity contribution is 7.93. The number of aromatic nitrogens is 1. The monoisotopic (exact) mass is 447 g/mol. The molecule has 1 saturated heterocycles. The van der Waals surface area contributed by atoms with Gasteiger partial charge in [0.1, 0.15) is 5.75 Å². The molecular formula is C21H25N3O4S2. The molecule has 1 aromatic heterocycles. The molecule has 4 rings (SSSR count). The highest BCUT2D eigenvalue weighted by atomic mass is 32.2. The van der Waals surface area contributed by atoms with Crippen molar-refractivity contribution < 1.29 is 19.7 Å². The van der Waals surface area contributed by atoms with E-state index in [-0.39, 0.29) is 12.2 Å². The summed E-state index contributed by atoms with van der Waals surface area (Å²) in [5.74, 6) is 0.478. The van der Waals surface area contributed by atoms with Crippen molar-refractivity contribution in [2.75, 3.05) is 16.2 Å². The number of phenols is 1. The van der Waals surface area contributed by atoms with Gasteiger partial charge in [0, 0.05) is 31.7 Å². The van der Waals surface area contributed by atoms with E-state index in [1.807, 2.05) is 25.1 Å². The van der Waals surface area contributed by atoms with Gasteiger partial charge in [-0.15, -0.1) is 11.3 Å². The van der Waals surface area contributed by atoms with Gasteiger partial charge >= 0.3 is 0 Å². The number of carbonyl (C=O) groups is 1. The largest absolute Gasteiger partial charge is 0.508 e. The van der Waals surface area contributed by atoms with Gasteiger partial charge in [-0.2, -0.15) is 0 Å². The van der Waals surface area contributed by atoms with Crippen molar-refractivity contribution in [3.05, 3.63) is 65.7 Å². The van der Waals surface area contributed by atoms with E-state index in [9.17, 15) is 13.2 Å². The molecule has 1 aliphatic heterocycles. The highest BCUT2D eigenvalue weighted by Crippen LogP contribution is 2.24. The Balaban J connectivity index is 0.000000289. The van der Waals surface area contributed by atoms with Crippen molar-refractivity contribution in [1.29, 1.82) is 0 Å². The van der Waals surface area contributed by atoms with Crippen molar-refractivity contribution in [2.45, 2.75) is 31.1 Å². The predicted molar refractivity (Wildman–Crippen MR) is 121 cm³/mol. The first kappa shape index (κ1) is 21.8. The number of nitrogens with zero attached hydrogens (tertiary/aromatic N) is 2. The highest BCUT2D eigenvalue weighted by Gasteiger charge is 2.22. The van der Waals surface area contributed by atoms with Crippen molar-refractivity contribution in [3.63, 3.8) is 0 Å². The summed E-state index contributed by atoms with van der Waals surface area (Å²) >= 11 is 1.21. The van der Waals surface area contributed by atoms with E-state index in [1.54, 1.807) is 28.5 Å². The Hall–Kier alpha value is -2.91. The lowest BCUT2D eigenvalue weighted by Gasteiger charge is -2.16. The third kappa shape index (κ3) is 5.37. The minimum Gasteiger partial charge on any atom is -0.508 e. The third-order valence-corrected chi connectivity index (χ3v) is 6.73. The summed E-state index contributed by atoms with van der Waals surface area (Å²) in [6.07, 6.45) is 3.81. The lowest BCUT2D eigenvalue weighted by Crippen LogP contribution is -2.23. The zero-order chi connectivity index (χ0) is 21.6. The number of hydrogen-bond acceptors (Lipinski definition) is 6. The van der Waals surface area contributed by atoms with Gasteiger partial charge in [0.05, 0.1) is 4.90 Å². The number of anilines is 2. The van der Waals surface area contributed by atoms with E-state index in [0.29, 0.717) is 23.8 Å². The fourth-order valence-corrected chi connectivity index (χ4v) is 4.77. The van der Waals surface area contributed by atoms with E-state index in [0.717, 1.165) is 24.1 Å². The van der Waals surface area contributed by atoms with E-state index in [4.69, 9.17) is 5.11 Å². The van der Waals surface area contributed by atoms with Crippen LogP contribution in [0.4, 0.5) is 10.8 Å². The maximum absolute atomic E-state index is 12.2. The van der Waals surface area contributed by atoms with Crippen LogP contribution >= 0.6 is 11.3 Å². The van der Waals surface area contributed by atoms with Crippen LogP contribution < -0.4 is 9.62 Å². The molecular weight excluding hydrogens is 422 g/mol. The minimum absolute atomic E-state index is 0. The number of nitrogens with one attached hydrogen (secondary N) is 1. The quantitative estimate of drug-likeness (QED) is 0.608. The van der Waals surface area contributed by atoms with E-state index in [2.05, 4.69) is 9.71 Å². The second kappa shape index (κ2) is 9.73. The number of phenolic OH excluding ortho intramolecular Hbond substituents is 1. The van der Waals surface area contributed by atoms with E-state index in [1.165, 1.54) is 29.7 Å². The van der Waals surface area contributed by atoms with Gasteiger partial charge in [0.15, 0.2) is 5.13 Å². The summed E-state index contributed by atoms with van der Waals surface area (Å²) in [4.78, 5) is 17.4. The maximum atomic E-state index is 12.2.